The first-order valence-electron chi connectivity index (χ1n) is 6.78. The molecule has 1 N–H and O–H groups in total. The van der Waals surface area contributed by atoms with Crippen molar-refractivity contribution in [1.29, 1.82) is 0 Å². The van der Waals surface area contributed by atoms with Gasteiger partial charge in [-0.3, -0.25) is 0 Å². The summed E-state index contributed by atoms with van der Waals surface area (Å²) in [6.07, 6.45) is 0. The van der Waals surface area contributed by atoms with Crippen molar-refractivity contribution in [2.75, 3.05) is 6.79 Å². The lowest BCUT2D eigenvalue weighted by molar-refractivity contribution is 0.174. The third kappa shape index (κ3) is 2.10. The lowest BCUT2D eigenvalue weighted by atomic mass is 10.2. The molecule has 2 heterocycles. The molecule has 1 aliphatic heterocycles. The van der Waals surface area contributed by atoms with E-state index in [4.69, 9.17) is 21.7 Å². The molecule has 1 aromatic heterocycles. The summed E-state index contributed by atoms with van der Waals surface area (Å²) in [6.45, 7) is 3.08. The summed E-state index contributed by atoms with van der Waals surface area (Å²) < 4.78 is 13.6. The first-order chi connectivity index (χ1) is 10.2. The Bertz CT molecular complexity index is 895. The van der Waals surface area contributed by atoms with Crippen LogP contribution in [0.2, 0.25) is 0 Å². The predicted molar refractivity (Wildman–Crippen MR) is 83.5 cm³/mol. The summed E-state index contributed by atoms with van der Waals surface area (Å²) in [6, 6.07) is 12.3. The van der Waals surface area contributed by atoms with E-state index in [1.165, 1.54) is 5.56 Å². The topological polar surface area (TPSA) is 39.2 Å². The van der Waals surface area contributed by atoms with Gasteiger partial charge in [-0.2, -0.15) is 0 Å². The van der Waals surface area contributed by atoms with E-state index < -0.39 is 0 Å². The van der Waals surface area contributed by atoms with E-state index in [-0.39, 0.29) is 0 Å². The molecule has 0 radical (unpaired) electrons. The monoisotopic (exact) mass is 298 g/mol. The molecule has 4 nitrogen and oxygen atoms in total. The van der Waals surface area contributed by atoms with Crippen LogP contribution in [0.4, 0.5) is 0 Å². The van der Waals surface area contributed by atoms with E-state index in [0.717, 1.165) is 32.9 Å². The van der Waals surface area contributed by atoms with E-state index in [1.54, 1.807) is 0 Å². The van der Waals surface area contributed by atoms with Gasteiger partial charge in [0.05, 0.1) is 17.6 Å². The number of benzene rings is 2. The van der Waals surface area contributed by atoms with Crippen LogP contribution in [-0.2, 0) is 6.54 Å². The maximum absolute atomic E-state index is 5.45. The van der Waals surface area contributed by atoms with Gasteiger partial charge in [-0.05, 0) is 54.5 Å². The Morgan fingerprint density at radius 2 is 2.00 bits per heavy atom. The molecule has 1 aliphatic rings. The van der Waals surface area contributed by atoms with Gasteiger partial charge in [0.15, 0.2) is 16.3 Å². The molecule has 0 atom stereocenters. The fraction of sp³-hybridized carbons (Fsp3) is 0.188. The van der Waals surface area contributed by atoms with Crippen LogP contribution < -0.4 is 9.47 Å². The zero-order valence-corrected chi connectivity index (χ0v) is 12.4. The van der Waals surface area contributed by atoms with E-state index >= 15 is 0 Å². The molecular weight excluding hydrogens is 284 g/mol. The summed E-state index contributed by atoms with van der Waals surface area (Å²) in [4.78, 5) is 3.26. The van der Waals surface area contributed by atoms with Gasteiger partial charge in [0.1, 0.15) is 0 Å². The molecule has 0 fully saturated rings. The van der Waals surface area contributed by atoms with Crippen LogP contribution in [0.1, 0.15) is 11.1 Å². The number of aromatic nitrogens is 2. The number of nitrogens with one attached hydrogen (secondary N) is 1. The molecule has 21 heavy (non-hydrogen) atoms. The lowest BCUT2D eigenvalue weighted by Crippen LogP contribution is -1.99. The molecule has 4 rings (SSSR count). The summed E-state index contributed by atoms with van der Waals surface area (Å²) in [5, 5.41) is 0. The Kier molecular flexibility index (Phi) is 2.75. The van der Waals surface area contributed by atoms with Crippen molar-refractivity contribution < 1.29 is 9.47 Å². The van der Waals surface area contributed by atoms with Crippen LogP contribution in [0.25, 0.3) is 11.0 Å². The Hall–Kier alpha value is -2.27. The van der Waals surface area contributed by atoms with Crippen molar-refractivity contribution in [3.05, 3.63) is 52.3 Å². The van der Waals surface area contributed by atoms with Gasteiger partial charge in [0.2, 0.25) is 6.79 Å². The van der Waals surface area contributed by atoms with Gasteiger partial charge < -0.3 is 19.0 Å². The van der Waals surface area contributed by atoms with Crippen LogP contribution in [0.3, 0.4) is 0 Å². The SMILES string of the molecule is Cc1ccc2c(c1)[nH]c(=S)n2Cc1ccc2c(c1)OCO2. The molecule has 0 bridgehead atoms. The van der Waals surface area contributed by atoms with E-state index in [2.05, 4.69) is 34.7 Å². The van der Waals surface area contributed by atoms with Crippen molar-refractivity contribution in [1.82, 2.24) is 9.55 Å². The van der Waals surface area contributed by atoms with Crippen LogP contribution in [0.5, 0.6) is 11.5 Å². The standard InChI is InChI=1S/C16H14N2O2S/c1-10-2-4-13-12(6-10)17-16(21)18(13)8-11-3-5-14-15(7-11)20-9-19-14/h2-7H,8-9H2,1H3,(H,17,21). The summed E-state index contributed by atoms with van der Waals surface area (Å²) in [7, 11) is 0. The zero-order valence-electron chi connectivity index (χ0n) is 11.6. The third-order valence-corrected chi connectivity index (χ3v) is 4.03. The molecule has 0 unspecified atom stereocenters. The number of aryl methyl sites for hydroxylation is 1. The molecule has 0 aliphatic carbocycles. The van der Waals surface area contributed by atoms with E-state index in [9.17, 15) is 0 Å². The molecular formula is C16H14N2O2S. The molecule has 0 spiro atoms. The smallest absolute Gasteiger partial charge is 0.231 e. The molecule has 0 amide bonds. The number of imidazole rings is 1. The largest absolute Gasteiger partial charge is 0.454 e. The third-order valence-electron chi connectivity index (χ3n) is 3.71. The van der Waals surface area contributed by atoms with E-state index in [1.807, 2.05) is 18.2 Å². The summed E-state index contributed by atoms with van der Waals surface area (Å²) >= 11 is 5.45. The fourth-order valence-corrected chi connectivity index (χ4v) is 2.93. The Morgan fingerprint density at radius 3 is 2.90 bits per heavy atom. The highest BCUT2D eigenvalue weighted by atomic mass is 32.1. The van der Waals surface area contributed by atoms with Crippen molar-refractivity contribution in [3.63, 3.8) is 0 Å². The lowest BCUT2D eigenvalue weighted by Gasteiger charge is -2.06. The normalized spacial score (nSPS) is 13.0. The molecule has 0 saturated carbocycles. The van der Waals surface area contributed by atoms with Crippen molar-refractivity contribution in [3.8, 4) is 11.5 Å². The maximum Gasteiger partial charge on any atom is 0.231 e. The Morgan fingerprint density at radius 1 is 1.14 bits per heavy atom. The first kappa shape index (κ1) is 12.5. The highest BCUT2D eigenvalue weighted by molar-refractivity contribution is 7.71. The second kappa shape index (κ2) is 4.63. The van der Waals surface area contributed by atoms with Crippen LogP contribution in [0, 0.1) is 11.7 Å². The van der Waals surface area contributed by atoms with Crippen LogP contribution >= 0.6 is 12.2 Å². The van der Waals surface area contributed by atoms with Crippen molar-refractivity contribution in [2.45, 2.75) is 13.5 Å². The van der Waals surface area contributed by atoms with Crippen LogP contribution in [-0.4, -0.2) is 16.3 Å². The molecule has 106 valence electrons. The zero-order chi connectivity index (χ0) is 14.4. The number of hydrogen-bond acceptors (Lipinski definition) is 3. The first-order valence-corrected chi connectivity index (χ1v) is 7.19. The number of hydrogen-bond donors (Lipinski definition) is 1. The van der Waals surface area contributed by atoms with E-state index in [0.29, 0.717) is 13.3 Å². The number of fused-ring (bicyclic) bond motifs is 2. The molecule has 2 aromatic carbocycles. The Balaban J connectivity index is 1.77. The molecule has 0 saturated heterocycles. The number of nitrogens with zero attached hydrogens (tertiary/aromatic N) is 1. The second-order valence-electron chi connectivity index (χ2n) is 5.22. The van der Waals surface area contributed by atoms with Gasteiger partial charge in [-0.25, -0.2) is 0 Å². The summed E-state index contributed by atoms with van der Waals surface area (Å²) in [5.41, 5.74) is 4.54. The summed E-state index contributed by atoms with van der Waals surface area (Å²) in [5.74, 6) is 1.60. The quantitative estimate of drug-likeness (QED) is 0.732. The molecule has 5 heteroatoms. The van der Waals surface area contributed by atoms with Crippen LogP contribution in [0.15, 0.2) is 36.4 Å². The van der Waals surface area contributed by atoms with Gasteiger partial charge in [-0.1, -0.05) is 12.1 Å². The average molecular weight is 298 g/mol. The van der Waals surface area contributed by atoms with Crippen molar-refractivity contribution >= 4 is 23.3 Å². The minimum Gasteiger partial charge on any atom is -0.454 e. The minimum absolute atomic E-state index is 0.296. The fourth-order valence-electron chi connectivity index (χ4n) is 2.66. The van der Waals surface area contributed by atoms with Gasteiger partial charge in [-0.15, -0.1) is 0 Å². The molecule has 3 aromatic rings. The second-order valence-corrected chi connectivity index (χ2v) is 5.61. The maximum atomic E-state index is 5.45. The highest BCUT2D eigenvalue weighted by Gasteiger charge is 2.14. The average Bonchev–Trinajstić information content (AvgIpc) is 3.03. The highest BCUT2D eigenvalue weighted by Crippen LogP contribution is 2.33. The number of ether oxygens (including phenoxy) is 2. The number of aromatic amines is 1. The van der Waals surface area contributed by atoms with Gasteiger partial charge in [0.25, 0.3) is 0 Å². The van der Waals surface area contributed by atoms with Gasteiger partial charge in [0, 0.05) is 0 Å². The minimum atomic E-state index is 0.296. The van der Waals surface area contributed by atoms with Gasteiger partial charge >= 0.3 is 0 Å². The number of rotatable bonds is 2. The van der Waals surface area contributed by atoms with Crippen molar-refractivity contribution in [2.24, 2.45) is 0 Å². The predicted octanol–water partition coefficient (Wildman–Crippen LogP) is 3.78. The number of H-pyrrole nitrogens is 1. The Labute approximate surface area is 126 Å².